The van der Waals surface area contributed by atoms with Gasteiger partial charge in [0.1, 0.15) is 0 Å². The van der Waals surface area contributed by atoms with Crippen LogP contribution in [-0.2, 0) is 9.59 Å². The highest BCUT2D eigenvalue weighted by Gasteiger charge is 2.05. The smallest absolute Gasteiger partial charge is 0.0780 e. The third kappa shape index (κ3) is 52.9. The van der Waals surface area contributed by atoms with Crippen molar-refractivity contribution >= 4 is 11.9 Å². The van der Waals surface area contributed by atoms with Gasteiger partial charge in [-0.25, -0.2) is 0 Å². The van der Waals surface area contributed by atoms with E-state index in [0.717, 1.165) is 8.97 Å². The molecule has 0 spiro atoms. The Balaban J connectivity index is -0.000000543. The SMILES string of the molecule is CCCCCCCCCCCC[N+](C)(C)C.CCCCCCCCCCCC[N+](C)(C)C.O=C([O-])/C=C/C(=O)[O-]. The molecule has 240 valence electrons. The van der Waals surface area contributed by atoms with Crippen LogP contribution in [0.5, 0.6) is 0 Å². The van der Waals surface area contributed by atoms with Crippen molar-refractivity contribution in [3.05, 3.63) is 12.2 Å². The molecular formula is C34H70N2O4. The Bertz CT molecular complexity index is 527. The number of unbranched alkanes of at least 4 members (excludes halogenated alkanes) is 18. The Morgan fingerprint density at radius 1 is 0.425 bits per heavy atom. The number of rotatable bonds is 24. The van der Waals surface area contributed by atoms with E-state index < -0.39 is 11.9 Å². The lowest BCUT2D eigenvalue weighted by molar-refractivity contribution is -0.870. The molecule has 0 saturated carbocycles. The van der Waals surface area contributed by atoms with E-state index in [4.69, 9.17) is 0 Å². The number of carboxylic acid groups (broad SMARTS) is 2. The summed E-state index contributed by atoms with van der Waals surface area (Å²) in [5.74, 6) is -3.09. The van der Waals surface area contributed by atoms with Crippen molar-refractivity contribution in [2.24, 2.45) is 0 Å². The molecule has 0 amide bonds. The molecule has 6 heteroatoms. The van der Waals surface area contributed by atoms with Gasteiger partial charge in [0.15, 0.2) is 0 Å². The average molecular weight is 571 g/mol. The molecule has 0 atom stereocenters. The summed E-state index contributed by atoms with van der Waals surface area (Å²) < 4.78 is 2.24. The largest absolute Gasteiger partial charge is 0.545 e. The van der Waals surface area contributed by atoms with Crippen LogP contribution in [0.3, 0.4) is 0 Å². The second-order valence-electron chi connectivity index (χ2n) is 13.4. The van der Waals surface area contributed by atoms with Crippen LogP contribution >= 0.6 is 0 Å². The van der Waals surface area contributed by atoms with E-state index in [-0.39, 0.29) is 0 Å². The van der Waals surface area contributed by atoms with Gasteiger partial charge in [0, 0.05) is 0 Å². The second-order valence-corrected chi connectivity index (χ2v) is 13.4. The lowest BCUT2D eigenvalue weighted by Crippen LogP contribution is -2.35. The monoisotopic (exact) mass is 571 g/mol. The first-order valence-electron chi connectivity index (χ1n) is 16.5. The van der Waals surface area contributed by atoms with Crippen LogP contribution in [0.15, 0.2) is 12.2 Å². The maximum atomic E-state index is 9.41. The first kappa shape index (κ1) is 43.1. The van der Waals surface area contributed by atoms with E-state index in [1.165, 1.54) is 142 Å². The topological polar surface area (TPSA) is 80.3 Å². The zero-order valence-electron chi connectivity index (χ0n) is 28.2. The first-order valence-corrected chi connectivity index (χ1v) is 16.5. The van der Waals surface area contributed by atoms with Crippen LogP contribution in [-0.4, -0.2) is 76.3 Å². The second kappa shape index (κ2) is 30.6. The summed E-state index contributed by atoms with van der Waals surface area (Å²) in [4.78, 5) is 18.8. The first-order chi connectivity index (χ1) is 18.7. The molecule has 40 heavy (non-hydrogen) atoms. The number of carbonyl (C=O) groups excluding carboxylic acids is 2. The normalized spacial score (nSPS) is 11.5. The predicted molar refractivity (Wildman–Crippen MR) is 169 cm³/mol. The molecule has 0 aromatic carbocycles. The number of carboxylic acids is 2. The Morgan fingerprint density at radius 3 is 0.800 bits per heavy atom. The molecule has 0 bridgehead atoms. The van der Waals surface area contributed by atoms with Crippen LogP contribution in [0.2, 0.25) is 0 Å². The van der Waals surface area contributed by atoms with Crippen molar-refractivity contribution in [2.45, 2.75) is 142 Å². The van der Waals surface area contributed by atoms with Crippen molar-refractivity contribution in [1.82, 2.24) is 0 Å². The fraction of sp³-hybridized carbons (Fsp3) is 0.882. The third-order valence-corrected chi connectivity index (χ3v) is 6.72. The van der Waals surface area contributed by atoms with Gasteiger partial charge in [0.05, 0.1) is 67.3 Å². The van der Waals surface area contributed by atoms with Crippen molar-refractivity contribution < 1.29 is 28.8 Å². The number of aliphatic carboxylic acids is 2. The Hall–Kier alpha value is -1.40. The molecule has 0 N–H and O–H groups in total. The molecule has 0 aliphatic carbocycles. The molecule has 0 aliphatic heterocycles. The van der Waals surface area contributed by atoms with Crippen molar-refractivity contribution in [1.29, 1.82) is 0 Å². The molecule has 0 radical (unpaired) electrons. The minimum absolute atomic E-state index is 0.384. The fourth-order valence-electron chi connectivity index (χ4n) is 4.28. The molecule has 0 aromatic heterocycles. The summed E-state index contributed by atoms with van der Waals surface area (Å²) in [6.07, 6.45) is 29.6. The van der Waals surface area contributed by atoms with E-state index in [0.29, 0.717) is 12.2 Å². The minimum Gasteiger partial charge on any atom is -0.545 e. The maximum Gasteiger partial charge on any atom is 0.0780 e. The minimum atomic E-state index is -1.55. The summed E-state index contributed by atoms with van der Waals surface area (Å²) in [7, 11) is 13.7. The number of carbonyl (C=O) groups is 2. The lowest BCUT2D eigenvalue weighted by atomic mass is 10.1. The van der Waals surface area contributed by atoms with Gasteiger partial charge in [0.25, 0.3) is 0 Å². The molecule has 0 aromatic rings. The molecular weight excluding hydrogens is 500 g/mol. The zero-order valence-corrected chi connectivity index (χ0v) is 28.2. The highest BCUT2D eigenvalue weighted by Crippen LogP contribution is 2.12. The molecule has 6 nitrogen and oxygen atoms in total. The van der Waals surface area contributed by atoms with Gasteiger partial charge in [0.2, 0.25) is 0 Å². The number of hydrogen-bond donors (Lipinski definition) is 0. The van der Waals surface area contributed by atoms with Crippen LogP contribution in [0, 0.1) is 0 Å². The van der Waals surface area contributed by atoms with Crippen LogP contribution in [0.25, 0.3) is 0 Å². The van der Waals surface area contributed by atoms with Crippen LogP contribution < -0.4 is 10.2 Å². The van der Waals surface area contributed by atoms with E-state index in [9.17, 15) is 19.8 Å². The van der Waals surface area contributed by atoms with E-state index in [1.54, 1.807) is 0 Å². The Kier molecular flexibility index (Phi) is 32.9. The average Bonchev–Trinajstić information content (AvgIpc) is 2.84. The third-order valence-electron chi connectivity index (χ3n) is 6.72. The molecule has 0 heterocycles. The molecule has 0 saturated heterocycles. The molecule has 0 rings (SSSR count). The van der Waals surface area contributed by atoms with Crippen molar-refractivity contribution in [3.63, 3.8) is 0 Å². The number of hydrogen-bond acceptors (Lipinski definition) is 4. The van der Waals surface area contributed by atoms with Gasteiger partial charge in [-0.3, -0.25) is 0 Å². The van der Waals surface area contributed by atoms with Gasteiger partial charge < -0.3 is 28.8 Å². The Labute approximate surface area is 250 Å². The van der Waals surface area contributed by atoms with E-state index in [1.807, 2.05) is 0 Å². The Morgan fingerprint density at radius 2 is 0.625 bits per heavy atom. The van der Waals surface area contributed by atoms with Gasteiger partial charge >= 0.3 is 0 Å². The summed E-state index contributed by atoms with van der Waals surface area (Å²) in [5.41, 5.74) is 0. The van der Waals surface area contributed by atoms with Gasteiger partial charge in [-0.1, -0.05) is 117 Å². The van der Waals surface area contributed by atoms with Crippen LogP contribution in [0.1, 0.15) is 142 Å². The van der Waals surface area contributed by atoms with Gasteiger partial charge in [-0.05, 0) is 37.8 Å². The quantitative estimate of drug-likeness (QED) is 0.0778. The zero-order chi connectivity index (χ0) is 31.1. The summed E-state index contributed by atoms with van der Waals surface area (Å²) in [6, 6.07) is 0. The van der Waals surface area contributed by atoms with E-state index in [2.05, 4.69) is 56.1 Å². The molecule has 0 fully saturated rings. The van der Waals surface area contributed by atoms with Gasteiger partial charge in [-0.15, -0.1) is 0 Å². The number of quaternary nitrogens is 2. The standard InChI is InChI=1S/2C15H34N.C4H4O4/c2*1-5-6-7-8-9-10-11-12-13-14-15-16(2,3)4;5-3(6)1-2-4(7)8/h2*5-15H2,1-4H3;1-2H,(H,5,6)(H,7,8)/q2*+1;/p-2/b;;2-1+. The molecule has 0 unspecified atom stereocenters. The van der Waals surface area contributed by atoms with Crippen molar-refractivity contribution in [3.8, 4) is 0 Å². The summed E-state index contributed by atoms with van der Waals surface area (Å²) in [5, 5.41) is 18.8. The summed E-state index contributed by atoms with van der Waals surface area (Å²) >= 11 is 0. The van der Waals surface area contributed by atoms with E-state index >= 15 is 0 Å². The lowest BCUT2D eigenvalue weighted by Gasteiger charge is -2.23. The fourth-order valence-corrected chi connectivity index (χ4v) is 4.28. The highest BCUT2D eigenvalue weighted by atomic mass is 16.4. The number of nitrogens with zero attached hydrogens (tertiary/aromatic N) is 2. The van der Waals surface area contributed by atoms with Gasteiger partial charge in [-0.2, -0.15) is 0 Å². The summed E-state index contributed by atoms with van der Waals surface area (Å²) in [6.45, 7) is 7.23. The maximum absolute atomic E-state index is 9.41. The highest BCUT2D eigenvalue weighted by molar-refractivity contribution is 5.87. The van der Waals surface area contributed by atoms with Crippen molar-refractivity contribution in [2.75, 3.05) is 55.4 Å². The van der Waals surface area contributed by atoms with Crippen LogP contribution in [0.4, 0.5) is 0 Å². The predicted octanol–water partition coefficient (Wildman–Crippen LogP) is 6.27. The molecule has 0 aliphatic rings.